The molecule has 0 radical (unpaired) electrons. The molecule has 1 heterocycles. The number of likely N-dealkylation sites (tertiary alicyclic amines) is 1. The van der Waals surface area contributed by atoms with Gasteiger partial charge in [-0.3, -0.25) is 9.69 Å². The van der Waals surface area contributed by atoms with Crippen LogP contribution < -0.4 is 9.64 Å². The molecule has 0 spiro atoms. The molecule has 2 fully saturated rings. The van der Waals surface area contributed by atoms with Crippen molar-refractivity contribution >= 4 is 17.7 Å². The highest BCUT2D eigenvalue weighted by molar-refractivity contribution is 5.90. The van der Waals surface area contributed by atoms with Crippen LogP contribution in [-0.2, 0) is 9.53 Å². The Labute approximate surface area is 161 Å². The van der Waals surface area contributed by atoms with Crippen LogP contribution in [0.1, 0.15) is 44.9 Å². The van der Waals surface area contributed by atoms with Crippen molar-refractivity contribution in [2.45, 2.75) is 51.0 Å². The number of ether oxygens (including phenoxy) is 2. The molecule has 1 aliphatic carbocycles. The fraction of sp³-hybridized carbons (Fsp3) is 0.619. The molecule has 6 heteroatoms. The van der Waals surface area contributed by atoms with Crippen LogP contribution in [0.3, 0.4) is 0 Å². The molecule has 2 amide bonds. The van der Waals surface area contributed by atoms with Crippen molar-refractivity contribution in [2.75, 3.05) is 32.2 Å². The summed E-state index contributed by atoms with van der Waals surface area (Å²) in [6.07, 6.45) is 6.71. The fourth-order valence-corrected chi connectivity index (χ4v) is 4.32. The van der Waals surface area contributed by atoms with Gasteiger partial charge in [0.25, 0.3) is 0 Å². The molecule has 0 bridgehead atoms. The topological polar surface area (TPSA) is 59.1 Å². The van der Waals surface area contributed by atoms with Gasteiger partial charge in [0, 0.05) is 25.0 Å². The van der Waals surface area contributed by atoms with Gasteiger partial charge in [0.05, 0.1) is 19.9 Å². The number of benzene rings is 1. The van der Waals surface area contributed by atoms with E-state index in [1.807, 2.05) is 29.2 Å². The Balaban J connectivity index is 1.69. The molecule has 1 aromatic rings. The molecule has 0 N–H and O–H groups in total. The van der Waals surface area contributed by atoms with E-state index in [9.17, 15) is 9.59 Å². The maximum Gasteiger partial charge on any atom is 0.414 e. The van der Waals surface area contributed by atoms with Crippen molar-refractivity contribution in [3.8, 4) is 5.75 Å². The number of piperidine rings is 1. The van der Waals surface area contributed by atoms with Crippen molar-refractivity contribution in [3.63, 3.8) is 0 Å². The summed E-state index contributed by atoms with van der Waals surface area (Å²) in [5.74, 6) is 1.14. The van der Waals surface area contributed by atoms with E-state index < -0.39 is 6.09 Å². The van der Waals surface area contributed by atoms with Gasteiger partial charge in [0.2, 0.25) is 5.91 Å². The first-order valence-corrected chi connectivity index (χ1v) is 9.94. The maximum atomic E-state index is 12.8. The second-order valence-corrected chi connectivity index (χ2v) is 7.40. The van der Waals surface area contributed by atoms with Gasteiger partial charge in [0.1, 0.15) is 5.75 Å². The number of amides is 2. The van der Waals surface area contributed by atoms with Gasteiger partial charge in [-0.2, -0.15) is 0 Å². The molecule has 1 aromatic carbocycles. The SMILES string of the molecule is COC(=O)N(c1ccccc1OC)C1CCN(C(=O)C2CCCCC2)CC1. The number of anilines is 1. The number of methoxy groups -OCH3 is 2. The molecule has 0 atom stereocenters. The van der Waals surface area contributed by atoms with Crippen molar-refractivity contribution in [3.05, 3.63) is 24.3 Å². The summed E-state index contributed by atoms with van der Waals surface area (Å²) in [5.41, 5.74) is 0.712. The highest BCUT2D eigenvalue weighted by atomic mass is 16.5. The summed E-state index contributed by atoms with van der Waals surface area (Å²) < 4.78 is 10.5. The average molecular weight is 374 g/mol. The van der Waals surface area contributed by atoms with Crippen LogP contribution in [0.25, 0.3) is 0 Å². The third kappa shape index (κ3) is 4.37. The van der Waals surface area contributed by atoms with E-state index in [1.165, 1.54) is 13.5 Å². The Bertz CT molecular complexity index is 649. The Morgan fingerprint density at radius 3 is 2.30 bits per heavy atom. The van der Waals surface area contributed by atoms with Gasteiger partial charge in [-0.15, -0.1) is 0 Å². The number of carbonyl (C=O) groups excluding carboxylic acids is 2. The predicted octanol–water partition coefficient (Wildman–Crippen LogP) is 3.84. The van der Waals surface area contributed by atoms with Crippen molar-refractivity contribution in [1.82, 2.24) is 4.90 Å². The first-order valence-electron chi connectivity index (χ1n) is 9.94. The predicted molar refractivity (Wildman–Crippen MR) is 104 cm³/mol. The maximum absolute atomic E-state index is 12.8. The second-order valence-electron chi connectivity index (χ2n) is 7.40. The number of hydrogen-bond donors (Lipinski definition) is 0. The Kier molecular flexibility index (Phi) is 6.58. The van der Waals surface area contributed by atoms with Crippen LogP contribution in [0.5, 0.6) is 5.75 Å². The van der Waals surface area contributed by atoms with Gasteiger partial charge in [-0.25, -0.2) is 4.79 Å². The first-order chi connectivity index (χ1) is 13.2. The lowest BCUT2D eigenvalue weighted by atomic mass is 9.87. The standard InChI is InChI=1S/C21H30N2O4/c1-26-19-11-7-6-10-18(19)23(21(25)27-2)17-12-14-22(15-13-17)20(24)16-8-4-3-5-9-16/h6-7,10-11,16-17H,3-5,8-9,12-15H2,1-2H3. The number of rotatable bonds is 4. The second kappa shape index (κ2) is 9.11. The zero-order valence-corrected chi connectivity index (χ0v) is 16.4. The molecule has 1 aliphatic heterocycles. The van der Waals surface area contributed by atoms with Gasteiger partial charge < -0.3 is 14.4 Å². The van der Waals surface area contributed by atoms with Crippen LogP contribution in [0.4, 0.5) is 10.5 Å². The van der Waals surface area contributed by atoms with Crippen LogP contribution in [-0.4, -0.2) is 50.3 Å². The van der Waals surface area contributed by atoms with E-state index in [-0.39, 0.29) is 12.0 Å². The van der Waals surface area contributed by atoms with Gasteiger partial charge in [0.15, 0.2) is 0 Å². The number of hydrogen-bond acceptors (Lipinski definition) is 4. The van der Waals surface area contributed by atoms with Crippen molar-refractivity contribution in [1.29, 1.82) is 0 Å². The van der Waals surface area contributed by atoms with Gasteiger partial charge in [-0.05, 0) is 37.8 Å². The van der Waals surface area contributed by atoms with Crippen LogP contribution in [0.15, 0.2) is 24.3 Å². The molecule has 1 saturated carbocycles. The summed E-state index contributed by atoms with van der Waals surface area (Å²) in [6.45, 7) is 1.37. The summed E-state index contributed by atoms with van der Waals surface area (Å²) in [5, 5.41) is 0. The van der Waals surface area contributed by atoms with Gasteiger partial charge in [-0.1, -0.05) is 31.4 Å². The van der Waals surface area contributed by atoms with E-state index in [0.717, 1.165) is 38.5 Å². The quantitative estimate of drug-likeness (QED) is 0.803. The fourth-order valence-electron chi connectivity index (χ4n) is 4.32. The number of nitrogens with zero attached hydrogens (tertiary/aromatic N) is 2. The lowest BCUT2D eigenvalue weighted by molar-refractivity contribution is -0.137. The molecule has 2 aliphatic rings. The van der Waals surface area contributed by atoms with Crippen molar-refractivity contribution in [2.24, 2.45) is 5.92 Å². The molecule has 3 rings (SSSR count). The van der Waals surface area contributed by atoms with E-state index in [0.29, 0.717) is 30.4 Å². The summed E-state index contributed by atoms with van der Waals surface area (Å²) in [4.78, 5) is 29.0. The molecule has 27 heavy (non-hydrogen) atoms. The van der Waals surface area contributed by atoms with Crippen LogP contribution >= 0.6 is 0 Å². The van der Waals surface area contributed by atoms with Crippen LogP contribution in [0, 0.1) is 5.92 Å². The third-order valence-electron chi connectivity index (χ3n) is 5.81. The number of para-hydroxylation sites is 2. The minimum Gasteiger partial charge on any atom is -0.495 e. The molecular weight excluding hydrogens is 344 g/mol. The third-order valence-corrected chi connectivity index (χ3v) is 5.81. The minimum absolute atomic E-state index is 0.0100. The average Bonchev–Trinajstić information content (AvgIpc) is 2.74. The highest BCUT2D eigenvalue weighted by Crippen LogP contribution is 2.33. The summed E-state index contributed by atoms with van der Waals surface area (Å²) in [7, 11) is 2.99. The summed E-state index contributed by atoms with van der Waals surface area (Å²) in [6, 6.07) is 7.46. The first kappa shape index (κ1) is 19.5. The molecule has 0 unspecified atom stereocenters. The largest absolute Gasteiger partial charge is 0.495 e. The zero-order chi connectivity index (χ0) is 19.2. The lowest BCUT2D eigenvalue weighted by Crippen LogP contribution is -2.50. The van der Waals surface area contributed by atoms with Crippen LogP contribution in [0.2, 0.25) is 0 Å². The Morgan fingerprint density at radius 2 is 1.67 bits per heavy atom. The smallest absolute Gasteiger partial charge is 0.414 e. The molecule has 148 valence electrons. The zero-order valence-electron chi connectivity index (χ0n) is 16.4. The Hall–Kier alpha value is -2.24. The highest BCUT2D eigenvalue weighted by Gasteiger charge is 2.34. The van der Waals surface area contributed by atoms with E-state index in [1.54, 1.807) is 12.0 Å². The molecule has 6 nitrogen and oxygen atoms in total. The van der Waals surface area contributed by atoms with E-state index in [4.69, 9.17) is 9.47 Å². The minimum atomic E-state index is -0.392. The lowest BCUT2D eigenvalue weighted by Gasteiger charge is -2.39. The molecule has 1 saturated heterocycles. The molecule has 0 aromatic heterocycles. The summed E-state index contributed by atoms with van der Waals surface area (Å²) >= 11 is 0. The number of carbonyl (C=O) groups is 2. The molecular formula is C21H30N2O4. The normalized spacial score (nSPS) is 18.8. The van der Waals surface area contributed by atoms with Crippen molar-refractivity contribution < 1.29 is 19.1 Å². The Morgan fingerprint density at radius 1 is 1.00 bits per heavy atom. The monoisotopic (exact) mass is 374 g/mol. The van der Waals surface area contributed by atoms with E-state index >= 15 is 0 Å². The van der Waals surface area contributed by atoms with E-state index in [2.05, 4.69) is 0 Å². The van der Waals surface area contributed by atoms with Gasteiger partial charge >= 0.3 is 6.09 Å².